The molecule has 5 nitrogen and oxygen atoms in total. The van der Waals surface area contributed by atoms with Crippen molar-refractivity contribution in [3.05, 3.63) is 59.1 Å². The number of ether oxygens (including phenoxy) is 2. The maximum absolute atomic E-state index is 13.2. The number of sulfone groups is 1. The lowest BCUT2D eigenvalue weighted by Gasteiger charge is -2.08. The number of halogens is 1. The fraction of sp³-hybridized carbons (Fsp3) is 0.316. The smallest absolute Gasteiger partial charge is 0.183 e. The van der Waals surface area contributed by atoms with Gasteiger partial charge in [-0.1, -0.05) is 23.7 Å². The minimum atomic E-state index is -3.73. The summed E-state index contributed by atoms with van der Waals surface area (Å²) in [6, 6.07) is 15.3. The Kier molecular flexibility index (Phi) is 4.98. The van der Waals surface area contributed by atoms with E-state index in [4.69, 9.17) is 21.1 Å². The van der Waals surface area contributed by atoms with Crippen molar-refractivity contribution in [3.8, 4) is 11.8 Å². The van der Waals surface area contributed by atoms with Crippen LogP contribution in [0.3, 0.4) is 0 Å². The van der Waals surface area contributed by atoms with Gasteiger partial charge in [0.15, 0.2) is 9.84 Å². The number of nitrogens with zero attached hydrogens (tertiary/aromatic N) is 1. The Morgan fingerprint density at radius 1 is 1.12 bits per heavy atom. The second kappa shape index (κ2) is 6.92. The van der Waals surface area contributed by atoms with Crippen LogP contribution in [0.25, 0.3) is 0 Å². The Morgan fingerprint density at radius 3 is 2.23 bits per heavy atom. The third kappa shape index (κ3) is 2.96. The van der Waals surface area contributed by atoms with Crippen LogP contribution in [0.2, 0.25) is 5.02 Å². The van der Waals surface area contributed by atoms with Crippen molar-refractivity contribution in [1.29, 1.82) is 5.26 Å². The molecule has 26 heavy (non-hydrogen) atoms. The van der Waals surface area contributed by atoms with Crippen molar-refractivity contribution in [3.63, 3.8) is 0 Å². The second-order valence-electron chi connectivity index (χ2n) is 6.26. The first-order valence-corrected chi connectivity index (χ1v) is 9.86. The topological polar surface area (TPSA) is 76.4 Å². The van der Waals surface area contributed by atoms with Gasteiger partial charge in [-0.05, 0) is 42.0 Å². The second-order valence-corrected chi connectivity index (χ2v) is 8.76. The van der Waals surface area contributed by atoms with Crippen molar-refractivity contribution < 1.29 is 17.9 Å². The van der Waals surface area contributed by atoms with E-state index in [-0.39, 0.29) is 11.5 Å². The molecule has 0 N–H and O–H groups in total. The van der Waals surface area contributed by atoms with Gasteiger partial charge in [0.05, 0.1) is 29.9 Å². The van der Waals surface area contributed by atoms with Gasteiger partial charge in [0.1, 0.15) is 11.2 Å². The maximum atomic E-state index is 13.2. The monoisotopic (exact) mass is 391 g/mol. The fourth-order valence-electron chi connectivity index (χ4n) is 3.49. The van der Waals surface area contributed by atoms with Crippen LogP contribution in [0.4, 0.5) is 0 Å². The maximum Gasteiger partial charge on any atom is 0.183 e. The summed E-state index contributed by atoms with van der Waals surface area (Å²) in [5.41, 5.74) is -0.353. The molecule has 0 aromatic heterocycles. The number of nitriles is 1. The van der Waals surface area contributed by atoms with Crippen LogP contribution in [0.5, 0.6) is 5.75 Å². The Morgan fingerprint density at radius 2 is 1.73 bits per heavy atom. The zero-order valence-corrected chi connectivity index (χ0v) is 15.9. The number of benzene rings is 2. The molecule has 0 heterocycles. The van der Waals surface area contributed by atoms with Gasteiger partial charge < -0.3 is 9.47 Å². The van der Waals surface area contributed by atoms with Crippen LogP contribution in [-0.4, -0.2) is 34.5 Å². The molecule has 0 bridgehead atoms. The van der Waals surface area contributed by atoms with Crippen LogP contribution >= 0.6 is 11.6 Å². The predicted molar refractivity (Wildman–Crippen MR) is 98.1 cm³/mol. The highest BCUT2D eigenvalue weighted by molar-refractivity contribution is 7.92. The Balaban J connectivity index is 2.05. The largest absolute Gasteiger partial charge is 0.497 e. The molecule has 136 valence electrons. The molecule has 1 aliphatic carbocycles. The summed E-state index contributed by atoms with van der Waals surface area (Å²) >= 11 is 5.86. The number of hydrogen-bond donors (Lipinski definition) is 0. The zero-order chi connectivity index (χ0) is 18.9. The van der Waals surface area contributed by atoms with Crippen LogP contribution in [-0.2, 0) is 14.6 Å². The molecule has 2 aromatic rings. The standard InChI is InChI=1S/C19H18ClNO4S/c1-24-12-19(11-21)17(13-3-7-15(25-2)8-4-13)18(19)26(22,23)16-9-5-14(20)6-10-16/h3-10,17-18H,12H2,1-2H3/t17-,18+,19+/m1/s1. The highest BCUT2D eigenvalue weighted by Gasteiger charge is 2.72. The normalized spacial score (nSPS) is 24.7. The molecule has 1 aliphatic rings. The van der Waals surface area contributed by atoms with Crippen molar-refractivity contribution in [1.82, 2.24) is 0 Å². The summed E-state index contributed by atoms with van der Waals surface area (Å²) in [6.07, 6.45) is 0. The molecule has 0 unspecified atom stereocenters. The van der Waals surface area contributed by atoms with E-state index in [1.165, 1.54) is 31.4 Å². The fourth-order valence-corrected chi connectivity index (χ4v) is 5.93. The molecule has 3 rings (SSSR count). The third-order valence-electron chi connectivity index (χ3n) is 4.80. The predicted octanol–water partition coefficient (Wildman–Crippen LogP) is 3.44. The lowest BCUT2D eigenvalue weighted by molar-refractivity contribution is 0.162. The molecule has 0 radical (unpaired) electrons. The minimum absolute atomic E-state index is 0.0394. The van der Waals surface area contributed by atoms with E-state index >= 15 is 0 Å². The van der Waals surface area contributed by atoms with Gasteiger partial charge in [-0.3, -0.25) is 0 Å². The average Bonchev–Trinajstić information content (AvgIpc) is 3.32. The first-order valence-electron chi connectivity index (χ1n) is 7.94. The highest BCUT2D eigenvalue weighted by atomic mass is 35.5. The van der Waals surface area contributed by atoms with Gasteiger partial charge in [-0.25, -0.2) is 8.42 Å². The van der Waals surface area contributed by atoms with Crippen LogP contribution in [0.15, 0.2) is 53.4 Å². The summed E-state index contributed by atoms with van der Waals surface area (Å²) < 4.78 is 36.7. The Hall–Kier alpha value is -2.07. The van der Waals surface area contributed by atoms with Crippen molar-refractivity contribution in [2.24, 2.45) is 5.41 Å². The molecule has 0 spiro atoms. The summed E-state index contributed by atoms with van der Waals surface area (Å²) in [4.78, 5) is 0.152. The number of methoxy groups -OCH3 is 2. The summed E-state index contributed by atoms with van der Waals surface area (Å²) in [5, 5.41) is 9.38. The van der Waals surface area contributed by atoms with E-state index in [1.54, 1.807) is 31.4 Å². The number of rotatable bonds is 6. The lowest BCUT2D eigenvalue weighted by Crippen LogP contribution is -2.19. The minimum Gasteiger partial charge on any atom is -0.497 e. The summed E-state index contributed by atoms with van der Waals surface area (Å²) in [5.74, 6) is 0.194. The van der Waals surface area contributed by atoms with Crippen molar-refractivity contribution in [2.75, 3.05) is 20.8 Å². The van der Waals surface area contributed by atoms with Gasteiger partial charge in [-0.2, -0.15) is 5.26 Å². The van der Waals surface area contributed by atoms with Gasteiger partial charge in [0.2, 0.25) is 0 Å². The molecule has 7 heteroatoms. The van der Waals surface area contributed by atoms with Crippen molar-refractivity contribution in [2.45, 2.75) is 16.1 Å². The molecule has 0 saturated heterocycles. The van der Waals surface area contributed by atoms with E-state index in [0.29, 0.717) is 10.8 Å². The summed E-state index contributed by atoms with van der Waals surface area (Å²) in [6.45, 7) is 0.0394. The van der Waals surface area contributed by atoms with Gasteiger partial charge >= 0.3 is 0 Å². The Bertz CT molecular complexity index is 935. The average molecular weight is 392 g/mol. The van der Waals surface area contributed by atoms with Crippen molar-refractivity contribution >= 4 is 21.4 Å². The van der Waals surface area contributed by atoms with E-state index in [9.17, 15) is 13.7 Å². The van der Waals surface area contributed by atoms with E-state index in [1.807, 2.05) is 0 Å². The zero-order valence-electron chi connectivity index (χ0n) is 14.3. The molecular formula is C19H18ClNO4S. The Labute approximate surface area is 158 Å². The first kappa shape index (κ1) is 18.7. The highest BCUT2D eigenvalue weighted by Crippen LogP contribution is 2.64. The SMILES string of the molecule is COC[C@@]1(C#N)[C@H](c2ccc(OC)cc2)[C@@H]1S(=O)(=O)c1ccc(Cl)cc1. The van der Waals surface area contributed by atoms with Crippen LogP contribution < -0.4 is 4.74 Å². The van der Waals surface area contributed by atoms with Crippen LogP contribution in [0, 0.1) is 16.7 Å². The van der Waals surface area contributed by atoms with E-state index < -0.39 is 26.4 Å². The van der Waals surface area contributed by atoms with Crippen LogP contribution in [0.1, 0.15) is 11.5 Å². The molecule has 0 amide bonds. The van der Waals surface area contributed by atoms with E-state index in [0.717, 1.165) is 5.56 Å². The molecule has 3 atom stereocenters. The molecular weight excluding hydrogens is 374 g/mol. The summed E-state index contributed by atoms with van der Waals surface area (Å²) in [7, 11) is -0.703. The van der Waals surface area contributed by atoms with Gasteiger partial charge in [0, 0.05) is 18.1 Å². The first-order chi connectivity index (χ1) is 12.4. The van der Waals surface area contributed by atoms with E-state index in [2.05, 4.69) is 6.07 Å². The lowest BCUT2D eigenvalue weighted by atomic mass is 10.0. The quantitative estimate of drug-likeness (QED) is 0.753. The number of hydrogen-bond acceptors (Lipinski definition) is 5. The molecule has 1 fully saturated rings. The van der Waals surface area contributed by atoms with Gasteiger partial charge in [-0.15, -0.1) is 0 Å². The van der Waals surface area contributed by atoms with Gasteiger partial charge in [0.25, 0.3) is 0 Å². The molecule has 2 aromatic carbocycles. The molecule has 1 saturated carbocycles. The molecule has 0 aliphatic heterocycles. The third-order valence-corrected chi connectivity index (χ3v) is 7.34.